The van der Waals surface area contributed by atoms with Gasteiger partial charge in [-0.15, -0.1) is 0 Å². The number of halogens is 1. The van der Waals surface area contributed by atoms with E-state index in [-0.39, 0.29) is 11.7 Å². The first-order chi connectivity index (χ1) is 12.7. The number of aromatic nitrogens is 3. The van der Waals surface area contributed by atoms with Gasteiger partial charge in [-0.05, 0) is 36.4 Å². The highest BCUT2D eigenvalue weighted by molar-refractivity contribution is 5.95. The van der Waals surface area contributed by atoms with Crippen molar-refractivity contribution in [3.8, 4) is 22.5 Å². The van der Waals surface area contributed by atoms with E-state index in [1.165, 1.54) is 6.07 Å². The van der Waals surface area contributed by atoms with Gasteiger partial charge in [0.1, 0.15) is 12.1 Å². The van der Waals surface area contributed by atoms with E-state index in [0.717, 1.165) is 11.1 Å². The minimum Gasteiger partial charge on any atom is -0.355 e. The molecular formula is C20H15FN4O. The zero-order chi connectivity index (χ0) is 18.1. The second-order valence-corrected chi connectivity index (χ2v) is 5.81. The van der Waals surface area contributed by atoms with Crippen LogP contribution in [0.2, 0.25) is 0 Å². The summed E-state index contributed by atoms with van der Waals surface area (Å²) in [5.41, 5.74) is 3.87. The highest BCUT2D eigenvalue weighted by atomic mass is 19.1. The molecule has 2 heterocycles. The van der Waals surface area contributed by atoms with Crippen LogP contribution in [0.15, 0.2) is 67.0 Å². The minimum absolute atomic E-state index is 0.154. The summed E-state index contributed by atoms with van der Waals surface area (Å²) in [5.74, 6) is -0.471. The number of carbonyl (C=O) groups excluding carboxylic acids is 1. The maximum Gasteiger partial charge on any atom is 0.251 e. The van der Waals surface area contributed by atoms with Crippen molar-refractivity contribution in [1.82, 2.24) is 19.9 Å². The minimum atomic E-state index is -0.317. The Labute approximate surface area is 149 Å². The second-order valence-electron chi connectivity index (χ2n) is 5.81. The van der Waals surface area contributed by atoms with Gasteiger partial charge < -0.3 is 5.32 Å². The van der Waals surface area contributed by atoms with Gasteiger partial charge in [-0.2, -0.15) is 5.10 Å². The number of benzene rings is 2. The fraction of sp³-hybridized carbons (Fsp3) is 0.0500. The lowest BCUT2D eigenvalue weighted by molar-refractivity contribution is 0.0963. The molecule has 0 saturated carbocycles. The highest BCUT2D eigenvalue weighted by Crippen LogP contribution is 2.25. The molecule has 0 unspecified atom stereocenters. The Balaban J connectivity index is 1.77. The van der Waals surface area contributed by atoms with Gasteiger partial charge in [0.2, 0.25) is 0 Å². The Morgan fingerprint density at radius 2 is 1.85 bits per heavy atom. The van der Waals surface area contributed by atoms with Crippen molar-refractivity contribution in [3.05, 3.63) is 78.4 Å². The molecule has 1 amide bonds. The molecule has 4 rings (SSSR count). The van der Waals surface area contributed by atoms with Crippen LogP contribution < -0.4 is 5.32 Å². The first kappa shape index (κ1) is 16.0. The molecule has 1 N–H and O–H groups in total. The normalized spacial score (nSPS) is 10.8. The first-order valence-electron chi connectivity index (χ1n) is 8.08. The molecule has 128 valence electrons. The zero-order valence-corrected chi connectivity index (χ0v) is 14.0. The number of hydrogen-bond donors (Lipinski definition) is 1. The van der Waals surface area contributed by atoms with Crippen LogP contribution in [0.5, 0.6) is 0 Å². The van der Waals surface area contributed by atoms with Crippen LogP contribution >= 0.6 is 0 Å². The average molecular weight is 346 g/mol. The number of nitrogens with zero attached hydrogens (tertiary/aromatic N) is 3. The van der Waals surface area contributed by atoms with E-state index in [1.807, 2.05) is 24.3 Å². The molecule has 5 nitrogen and oxygen atoms in total. The summed E-state index contributed by atoms with van der Waals surface area (Å²) >= 11 is 0. The van der Waals surface area contributed by atoms with Crippen LogP contribution in [-0.2, 0) is 0 Å². The zero-order valence-electron chi connectivity index (χ0n) is 14.0. The van der Waals surface area contributed by atoms with Gasteiger partial charge in [-0.25, -0.2) is 13.9 Å². The van der Waals surface area contributed by atoms with E-state index >= 15 is 0 Å². The Hall–Kier alpha value is -3.54. The van der Waals surface area contributed by atoms with Gasteiger partial charge >= 0.3 is 0 Å². The van der Waals surface area contributed by atoms with Crippen molar-refractivity contribution in [3.63, 3.8) is 0 Å². The molecule has 0 atom stereocenters. The maximum absolute atomic E-state index is 14.0. The number of rotatable bonds is 3. The molecule has 0 aliphatic carbocycles. The molecule has 0 spiro atoms. The molecule has 0 radical (unpaired) electrons. The summed E-state index contributed by atoms with van der Waals surface area (Å²) in [6, 6.07) is 17.4. The molecule has 0 saturated heterocycles. The predicted molar refractivity (Wildman–Crippen MR) is 97.2 cm³/mol. The van der Waals surface area contributed by atoms with Crippen LogP contribution in [0.1, 0.15) is 10.4 Å². The number of hydrogen-bond acceptors (Lipinski definition) is 3. The number of fused-ring (bicyclic) bond motifs is 1. The Morgan fingerprint density at radius 3 is 2.65 bits per heavy atom. The maximum atomic E-state index is 14.0. The van der Waals surface area contributed by atoms with Gasteiger partial charge in [-0.1, -0.05) is 24.3 Å². The summed E-state index contributed by atoms with van der Waals surface area (Å²) in [5, 5.41) is 7.00. The van der Waals surface area contributed by atoms with Crippen molar-refractivity contribution in [2.24, 2.45) is 0 Å². The fourth-order valence-electron chi connectivity index (χ4n) is 2.83. The van der Waals surface area contributed by atoms with Crippen LogP contribution in [0.3, 0.4) is 0 Å². The van der Waals surface area contributed by atoms with Crippen LogP contribution in [0.25, 0.3) is 28.0 Å². The molecule has 0 bridgehead atoms. The van der Waals surface area contributed by atoms with Crippen LogP contribution in [-0.4, -0.2) is 27.6 Å². The number of nitrogens with one attached hydrogen (secondary N) is 1. The Morgan fingerprint density at radius 1 is 1.04 bits per heavy atom. The highest BCUT2D eigenvalue weighted by Gasteiger charge is 2.11. The topological polar surface area (TPSA) is 59.3 Å². The molecule has 26 heavy (non-hydrogen) atoms. The number of amides is 1. The summed E-state index contributed by atoms with van der Waals surface area (Å²) in [4.78, 5) is 16.2. The van der Waals surface area contributed by atoms with Crippen LogP contribution in [0.4, 0.5) is 4.39 Å². The van der Waals surface area contributed by atoms with E-state index in [2.05, 4.69) is 15.4 Å². The van der Waals surface area contributed by atoms with Gasteiger partial charge in [0.25, 0.3) is 5.91 Å². The van der Waals surface area contributed by atoms with E-state index < -0.39 is 0 Å². The Kier molecular flexibility index (Phi) is 3.93. The van der Waals surface area contributed by atoms with E-state index in [0.29, 0.717) is 22.5 Å². The predicted octanol–water partition coefficient (Wildman–Crippen LogP) is 3.56. The summed E-state index contributed by atoms with van der Waals surface area (Å²) < 4.78 is 15.6. The van der Waals surface area contributed by atoms with Gasteiger partial charge in [0, 0.05) is 23.7 Å². The van der Waals surface area contributed by atoms with Crippen molar-refractivity contribution in [2.75, 3.05) is 7.05 Å². The SMILES string of the molecule is CNC(=O)c1cccc(-c2cc3cc(-c4ccccc4F)nn3cn2)c1. The summed E-state index contributed by atoms with van der Waals surface area (Å²) in [6.45, 7) is 0. The monoisotopic (exact) mass is 346 g/mol. The van der Waals surface area contributed by atoms with E-state index in [4.69, 9.17) is 0 Å². The summed E-state index contributed by atoms with van der Waals surface area (Å²) in [7, 11) is 1.59. The number of carbonyl (C=O) groups is 1. The molecule has 4 aromatic rings. The molecule has 0 aliphatic rings. The van der Waals surface area contributed by atoms with E-state index in [1.54, 1.807) is 48.2 Å². The molecule has 2 aromatic heterocycles. The third-order valence-corrected chi connectivity index (χ3v) is 4.15. The first-order valence-corrected chi connectivity index (χ1v) is 8.08. The summed E-state index contributed by atoms with van der Waals surface area (Å²) in [6.07, 6.45) is 1.58. The largest absolute Gasteiger partial charge is 0.355 e. The third-order valence-electron chi connectivity index (χ3n) is 4.15. The van der Waals surface area contributed by atoms with Crippen molar-refractivity contribution < 1.29 is 9.18 Å². The van der Waals surface area contributed by atoms with E-state index in [9.17, 15) is 9.18 Å². The average Bonchev–Trinajstić information content (AvgIpc) is 3.10. The quantitative estimate of drug-likeness (QED) is 0.617. The van der Waals surface area contributed by atoms with Crippen LogP contribution in [0, 0.1) is 5.82 Å². The second kappa shape index (κ2) is 6.40. The molecule has 0 fully saturated rings. The molecule has 6 heteroatoms. The fourth-order valence-corrected chi connectivity index (χ4v) is 2.83. The lowest BCUT2D eigenvalue weighted by atomic mass is 10.1. The molecular weight excluding hydrogens is 331 g/mol. The van der Waals surface area contributed by atoms with Gasteiger partial charge in [0.15, 0.2) is 0 Å². The van der Waals surface area contributed by atoms with Gasteiger partial charge in [-0.3, -0.25) is 4.79 Å². The molecule has 2 aromatic carbocycles. The lowest BCUT2D eigenvalue weighted by Crippen LogP contribution is -2.17. The standard InChI is InChI=1S/C20H15FN4O/c1-22-20(26)14-6-4-5-13(9-14)18-10-15-11-19(24-25(15)12-23-18)16-7-2-3-8-17(16)21/h2-12H,1H3,(H,22,26). The Bertz CT molecular complexity index is 1120. The van der Waals surface area contributed by atoms with Crippen molar-refractivity contribution >= 4 is 11.4 Å². The lowest BCUT2D eigenvalue weighted by Gasteiger charge is -2.04. The van der Waals surface area contributed by atoms with Crippen molar-refractivity contribution in [1.29, 1.82) is 0 Å². The van der Waals surface area contributed by atoms with Crippen molar-refractivity contribution in [2.45, 2.75) is 0 Å². The molecule has 0 aliphatic heterocycles. The smallest absolute Gasteiger partial charge is 0.251 e. The third kappa shape index (κ3) is 2.82. The van der Waals surface area contributed by atoms with Gasteiger partial charge in [0.05, 0.1) is 16.9 Å².